The summed E-state index contributed by atoms with van der Waals surface area (Å²) in [5, 5.41) is 9.70. The van der Waals surface area contributed by atoms with E-state index in [2.05, 4.69) is 4.90 Å². The molecule has 2 aromatic rings. The Hall–Kier alpha value is -2.44. The molecule has 28 heavy (non-hydrogen) atoms. The Labute approximate surface area is 165 Å². The second-order valence-corrected chi connectivity index (χ2v) is 7.54. The van der Waals surface area contributed by atoms with E-state index in [-0.39, 0.29) is 29.6 Å². The smallest absolute Gasteiger partial charge is 0.237 e. The number of phenolic OH excluding ortho intramolecular Hbond substituents is 1. The van der Waals surface area contributed by atoms with Crippen molar-refractivity contribution in [3.63, 3.8) is 0 Å². The Balaban J connectivity index is 1.70. The molecule has 1 unspecified atom stereocenters. The minimum atomic E-state index is -0.271. The van der Waals surface area contributed by atoms with Crippen molar-refractivity contribution >= 4 is 5.91 Å². The molecule has 1 heterocycles. The Morgan fingerprint density at radius 3 is 2.57 bits per heavy atom. The lowest BCUT2D eigenvalue weighted by Crippen LogP contribution is -2.42. The van der Waals surface area contributed by atoms with Crippen LogP contribution in [-0.4, -0.2) is 52.6 Å². The molecule has 1 saturated heterocycles. The summed E-state index contributed by atoms with van der Waals surface area (Å²) in [5.74, 6) is 0.0154. The van der Waals surface area contributed by atoms with Crippen LogP contribution in [0.3, 0.4) is 0 Å². The van der Waals surface area contributed by atoms with Crippen molar-refractivity contribution in [1.29, 1.82) is 0 Å². The van der Waals surface area contributed by atoms with E-state index in [0.717, 1.165) is 11.1 Å². The van der Waals surface area contributed by atoms with Gasteiger partial charge < -0.3 is 14.7 Å². The summed E-state index contributed by atoms with van der Waals surface area (Å²) in [7, 11) is 0. The minimum absolute atomic E-state index is 0.0723. The predicted octanol–water partition coefficient (Wildman–Crippen LogP) is 3.17. The largest absolute Gasteiger partial charge is 0.508 e. The number of hydrogen-bond acceptors (Lipinski definition) is 4. The number of phenols is 1. The van der Waals surface area contributed by atoms with Crippen molar-refractivity contribution in [2.24, 2.45) is 0 Å². The predicted molar refractivity (Wildman–Crippen MR) is 105 cm³/mol. The average molecular weight is 386 g/mol. The van der Waals surface area contributed by atoms with Gasteiger partial charge in [0, 0.05) is 25.7 Å². The molecule has 0 aliphatic carbocycles. The molecule has 5 nitrogen and oxygen atoms in total. The second-order valence-electron chi connectivity index (χ2n) is 7.54. The third kappa shape index (κ3) is 5.53. The molecular formula is C22H27FN2O3. The van der Waals surface area contributed by atoms with E-state index in [1.54, 1.807) is 30.3 Å². The maximum absolute atomic E-state index is 13.1. The van der Waals surface area contributed by atoms with E-state index >= 15 is 0 Å². The number of rotatable bonds is 6. The fourth-order valence-electron chi connectivity index (χ4n) is 3.45. The highest BCUT2D eigenvalue weighted by Gasteiger charge is 2.29. The molecule has 2 aromatic carbocycles. The quantitative estimate of drug-likeness (QED) is 0.829. The number of aromatic hydroxyl groups is 1. The molecule has 1 fully saturated rings. The molecule has 0 saturated carbocycles. The molecule has 0 bridgehead atoms. The standard InChI is InChI=1S/C22H27FN2O3/c1-16(2)25-13-21(28-15-17-6-8-19(23)9-7-17)12-24(14-22(25)27)11-18-4-3-5-20(26)10-18/h3-10,16,21,26H,11-15H2,1-2H3. The van der Waals surface area contributed by atoms with Crippen LogP contribution in [0.5, 0.6) is 5.75 Å². The van der Waals surface area contributed by atoms with Gasteiger partial charge in [0.15, 0.2) is 0 Å². The van der Waals surface area contributed by atoms with Crippen LogP contribution in [0.1, 0.15) is 25.0 Å². The van der Waals surface area contributed by atoms with Gasteiger partial charge in [0.1, 0.15) is 11.6 Å². The Kier molecular flexibility index (Phi) is 6.65. The topological polar surface area (TPSA) is 53.0 Å². The first-order valence-electron chi connectivity index (χ1n) is 9.56. The van der Waals surface area contributed by atoms with E-state index in [9.17, 15) is 14.3 Å². The van der Waals surface area contributed by atoms with Crippen molar-refractivity contribution in [2.45, 2.75) is 39.1 Å². The van der Waals surface area contributed by atoms with Crippen LogP contribution >= 0.6 is 0 Å². The van der Waals surface area contributed by atoms with Gasteiger partial charge in [-0.1, -0.05) is 24.3 Å². The lowest BCUT2D eigenvalue weighted by atomic mass is 10.2. The van der Waals surface area contributed by atoms with Crippen LogP contribution in [0.15, 0.2) is 48.5 Å². The summed E-state index contributed by atoms with van der Waals surface area (Å²) in [4.78, 5) is 16.6. The normalized spacial score (nSPS) is 18.5. The zero-order valence-electron chi connectivity index (χ0n) is 16.3. The lowest BCUT2D eigenvalue weighted by Gasteiger charge is -2.27. The number of hydrogen-bond donors (Lipinski definition) is 1. The van der Waals surface area contributed by atoms with E-state index in [4.69, 9.17) is 4.74 Å². The summed E-state index contributed by atoms with van der Waals surface area (Å²) >= 11 is 0. The van der Waals surface area contributed by atoms with Gasteiger partial charge in [-0.25, -0.2) is 4.39 Å². The van der Waals surface area contributed by atoms with Crippen LogP contribution in [0.2, 0.25) is 0 Å². The van der Waals surface area contributed by atoms with Crippen molar-refractivity contribution in [2.75, 3.05) is 19.6 Å². The van der Waals surface area contributed by atoms with Gasteiger partial charge in [0.25, 0.3) is 0 Å². The lowest BCUT2D eigenvalue weighted by molar-refractivity contribution is -0.133. The summed E-state index contributed by atoms with van der Waals surface area (Å²) < 4.78 is 19.2. The van der Waals surface area contributed by atoms with Crippen LogP contribution < -0.4 is 0 Å². The number of halogens is 1. The van der Waals surface area contributed by atoms with Gasteiger partial charge >= 0.3 is 0 Å². The van der Waals surface area contributed by atoms with E-state index in [1.165, 1.54) is 12.1 Å². The highest BCUT2D eigenvalue weighted by Crippen LogP contribution is 2.18. The fourth-order valence-corrected chi connectivity index (χ4v) is 3.45. The zero-order valence-corrected chi connectivity index (χ0v) is 16.3. The van der Waals surface area contributed by atoms with E-state index in [1.807, 2.05) is 24.8 Å². The maximum Gasteiger partial charge on any atom is 0.237 e. The number of benzene rings is 2. The number of ether oxygens (including phenoxy) is 1. The average Bonchev–Trinajstić information content (AvgIpc) is 2.80. The van der Waals surface area contributed by atoms with Gasteiger partial charge in [-0.05, 0) is 49.2 Å². The van der Waals surface area contributed by atoms with Gasteiger partial charge in [-0.3, -0.25) is 9.69 Å². The molecule has 0 aromatic heterocycles. The molecule has 150 valence electrons. The molecular weight excluding hydrogens is 359 g/mol. The van der Waals surface area contributed by atoms with E-state index in [0.29, 0.717) is 32.8 Å². The van der Waals surface area contributed by atoms with E-state index < -0.39 is 0 Å². The van der Waals surface area contributed by atoms with Crippen molar-refractivity contribution in [3.05, 3.63) is 65.5 Å². The molecule has 1 N–H and O–H groups in total. The van der Waals surface area contributed by atoms with Crippen LogP contribution in [0.4, 0.5) is 4.39 Å². The molecule has 6 heteroatoms. The van der Waals surface area contributed by atoms with Crippen molar-refractivity contribution in [3.8, 4) is 5.75 Å². The molecule has 3 rings (SSSR count). The molecule has 1 amide bonds. The Bertz CT molecular complexity index is 795. The van der Waals surface area contributed by atoms with Gasteiger partial charge in [-0.15, -0.1) is 0 Å². The van der Waals surface area contributed by atoms with Crippen molar-refractivity contribution < 1.29 is 19.0 Å². The minimum Gasteiger partial charge on any atom is -0.508 e. The SMILES string of the molecule is CC(C)N1CC(OCc2ccc(F)cc2)CN(Cc2cccc(O)c2)CC1=O. The highest BCUT2D eigenvalue weighted by atomic mass is 19.1. The monoisotopic (exact) mass is 386 g/mol. The first-order valence-corrected chi connectivity index (χ1v) is 9.56. The Morgan fingerprint density at radius 1 is 1.14 bits per heavy atom. The third-order valence-corrected chi connectivity index (χ3v) is 4.88. The zero-order chi connectivity index (χ0) is 20.1. The summed E-state index contributed by atoms with van der Waals surface area (Å²) in [6.07, 6.45) is -0.156. The van der Waals surface area contributed by atoms with Gasteiger partial charge in [-0.2, -0.15) is 0 Å². The molecule has 1 aliphatic heterocycles. The van der Waals surface area contributed by atoms with Crippen LogP contribution in [0.25, 0.3) is 0 Å². The summed E-state index contributed by atoms with van der Waals surface area (Å²) in [6, 6.07) is 13.4. The summed E-state index contributed by atoms with van der Waals surface area (Å²) in [6.45, 7) is 6.36. The maximum atomic E-state index is 13.1. The Morgan fingerprint density at radius 2 is 1.89 bits per heavy atom. The molecule has 0 radical (unpaired) electrons. The molecule has 0 spiro atoms. The summed E-state index contributed by atoms with van der Waals surface area (Å²) in [5.41, 5.74) is 1.84. The number of nitrogens with zero attached hydrogens (tertiary/aromatic N) is 2. The first kappa shape index (κ1) is 20.3. The van der Waals surface area contributed by atoms with Crippen molar-refractivity contribution in [1.82, 2.24) is 9.80 Å². The fraction of sp³-hybridized carbons (Fsp3) is 0.409. The van der Waals surface area contributed by atoms with Crippen LogP contribution in [-0.2, 0) is 22.7 Å². The number of amides is 1. The molecule has 1 aliphatic rings. The second kappa shape index (κ2) is 9.17. The highest BCUT2D eigenvalue weighted by molar-refractivity contribution is 5.79. The first-order chi connectivity index (χ1) is 13.4. The number of carbonyl (C=O) groups is 1. The number of carbonyl (C=O) groups excluding carboxylic acids is 1. The molecule has 1 atom stereocenters. The van der Waals surface area contributed by atoms with Gasteiger partial charge in [0.2, 0.25) is 5.91 Å². The van der Waals surface area contributed by atoms with Gasteiger partial charge in [0.05, 0.1) is 19.3 Å². The third-order valence-electron chi connectivity index (χ3n) is 4.88. The van der Waals surface area contributed by atoms with Crippen LogP contribution in [0, 0.1) is 5.82 Å².